The Morgan fingerprint density at radius 2 is 2.15 bits per heavy atom. The maximum atomic E-state index is 5.95. The van der Waals surface area contributed by atoms with Crippen LogP contribution in [0.4, 0.5) is 5.69 Å². The van der Waals surface area contributed by atoms with Crippen molar-refractivity contribution in [2.75, 3.05) is 5.73 Å². The molecule has 2 N–H and O–H groups in total. The molecule has 2 rings (SSSR count). The maximum absolute atomic E-state index is 5.95. The smallest absolute Gasteiger partial charge is 0.0909 e. The maximum Gasteiger partial charge on any atom is 0.0909 e. The van der Waals surface area contributed by atoms with Crippen molar-refractivity contribution in [3.8, 4) is 0 Å². The van der Waals surface area contributed by atoms with Gasteiger partial charge >= 0.3 is 0 Å². The molecule has 4 heteroatoms. The third-order valence-electron chi connectivity index (χ3n) is 1.84. The first-order chi connectivity index (χ1) is 6.20. The van der Waals surface area contributed by atoms with E-state index in [-0.39, 0.29) is 0 Å². The minimum atomic E-state index is 0.622. The number of nitrogen functional groups attached to an aromatic ring is 1. The predicted octanol–water partition coefficient (Wildman–Crippen LogP) is 3.23. The van der Waals surface area contributed by atoms with E-state index in [0.717, 1.165) is 15.4 Å². The van der Waals surface area contributed by atoms with Crippen LogP contribution in [0.25, 0.3) is 10.9 Å². The fourth-order valence-corrected chi connectivity index (χ4v) is 1.72. The van der Waals surface area contributed by atoms with Crippen LogP contribution in [0.5, 0.6) is 0 Å². The van der Waals surface area contributed by atoms with Crippen LogP contribution in [0.1, 0.15) is 0 Å². The number of nitrogens with zero attached hydrogens (tertiary/aromatic N) is 1. The normalized spacial score (nSPS) is 10.6. The lowest BCUT2D eigenvalue weighted by molar-refractivity contribution is 1.39. The summed E-state index contributed by atoms with van der Waals surface area (Å²) in [5.74, 6) is 0. The zero-order valence-electron chi connectivity index (χ0n) is 6.59. The molecule has 1 heterocycles. The van der Waals surface area contributed by atoms with Crippen LogP contribution in [0.3, 0.4) is 0 Å². The standard InChI is InChI=1S/C9H6BrClN2/c10-6-4-13-9-5(8(6)12)2-1-3-7(9)11/h1-4H,(H2,12,13). The number of pyridine rings is 1. The van der Waals surface area contributed by atoms with Crippen LogP contribution in [-0.4, -0.2) is 4.98 Å². The molecule has 0 saturated heterocycles. The highest BCUT2D eigenvalue weighted by molar-refractivity contribution is 9.10. The molecule has 0 amide bonds. The summed E-state index contributed by atoms with van der Waals surface area (Å²) >= 11 is 9.26. The van der Waals surface area contributed by atoms with Gasteiger partial charge in [0.25, 0.3) is 0 Å². The quantitative estimate of drug-likeness (QED) is 0.787. The third-order valence-corrected chi connectivity index (χ3v) is 2.78. The number of aromatic nitrogens is 1. The molecule has 66 valence electrons. The first-order valence-corrected chi connectivity index (χ1v) is 4.85. The molecular weight excluding hydrogens is 251 g/mol. The van der Waals surface area contributed by atoms with Gasteiger partial charge in [-0.25, -0.2) is 0 Å². The Balaban J connectivity index is 2.94. The zero-order chi connectivity index (χ0) is 9.42. The second-order valence-electron chi connectivity index (χ2n) is 2.66. The molecule has 0 bridgehead atoms. The van der Waals surface area contributed by atoms with Crippen LogP contribution in [0, 0.1) is 0 Å². The van der Waals surface area contributed by atoms with E-state index < -0.39 is 0 Å². The zero-order valence-corrected chi connectivity index (χ0v) is 8.93. The molecule has 0 aliphatic rings. The summed E-state index contributed by atoms with van der Waals surface area (Å²) in [4.78, 5) is 4.18. The monoisotopic (exact) mass is 256 g/mol. The van der Waals surface area contributed by atoms with E-state index in [2.05, 4.69) is 20.9 Å². The van der Waals surface area contributed by atoms with Gasteiger partial charge in [0.05, 0.1) is 20.7 Å². The van der Waals surface area contributed by atoms with Gasteiger partial charge in [-0.05, 0) is 22.0 Å². The summed E-state index contributed by atoms with van der Waals surface area (Å²) in [6, 6.07) is 5.55. The Morgan fingerprint density at radius 3 is 2.92 bits per heavy atom. The predicted molar refractivity (Wildman–Crippen MR) is 58.9 cm³/mol. The number of fused-ring (bicyclic) bond motifs is 1. The number of hydrogen-bond acceptors (Lipinski definition) is 2. The van der Waals surface area contributed by atoms with E-state index >= 15 is 0 Å². The highest BCUT2D eigenvalue weighted by atomic mass is 79.9. The lowest BCUT2D eigenvalue weighted by Gasteiger charge is -2.03. The fourth-order valence-electron chi connectivity index (χ4n) is 1.18. The first kappa shape index (κ1) is 8.78. The highest BCUT2D eigenvalue weighted by Crippen LogP contribution is 2.30. The van der Waals surface area contributed by atoms with Gasteiger partial charge in [0.2, 0.25) is 0 Å². The summed E-state index contributed by atoms with van der Waals surface area (Å²) < 4.78 is 0.794. The minimum Gasteiger partial charge on any atom is -0.397 e. The van der Waals surface area contributed by atoms with E-state index in [1.165, 1.54) is 0 Å². The molecule has 13 heavy (non-hydrogen) atoms. The van der Waals surface area contributed by atoms with Crippen molar-refractivity contribution < 1.29 is 0 Å². The van der Waals surface area contributed by atoms with Crippen LogP contribution in [-0.2, 0) is 0 Å². The minimum absolute atomic E-state index is 0.622. The second-order valence-corrected chi connectivity index (χ2v) is 3.92. The summed E-state index contributed by atoms with van der Waals surface area (Å²) in [5, 5.41) is 1.50. The lowest BCUT2D eigenvalue weighted by atomic mass is 10.2. The second kappa shape index (κ2) is 3.16. The number of rotatable bonds is 0. The van der Waals surface area contributed by atoms with Gasteiger partial charge in [-0.1, -0.05) is 23.7 Å². The van der Waals surface area contributed by atoms with Crippen molar-refractivity contribution in [2.45, 2.75) is 0 Å². The molecule has 0 saturated carbocycles. The van der Waals surface area contributed by atoms with E-state index in [4.69, 9.17) is 17.3 Å². The first-order valence-electron chi connectivity index (χ1n) is 3.68. The van der Waals surface area contributed by atoms with Gasteiger partial charge in [0.15, 0.2) is 0 Å². The molecule has 0 aliphatic carbocycles. The van der Waals surface area contributed by atoms with E-state index in [9.17, 15) is 0 Å². The molecule has 0 radical (unpaired) electrons. The average molecular weight is 258 g/mol. The Kier molecular flexibility index (Phi) is 2.14. The number of hydrogen-bond donors (Lipinski definition) is 1. The number of nitrogens with two attached hydrogens (primary N) is 1. The Labute approximate surface area is 88.8 Å². The SMILES string of the molecule is Nc1c(Br)cnc2c(Cl)cccc12. The summed E-state index contributed by atoms with van der Waals surface area (Å²) in [5.41, 5.74) is 7.26. The molecule has 2 nitrogen and oxygen atoms in total. The largest absolute Gasteiger partial charge is 0.397 e. The summed E-state index contributed by atoms with van der Waals surface area (Å²) in [7, 11) is 0. The molecule has 0 aliphatic heterocycles. The Morgan fingerprint density at radius 1 is 1.38 bits per heavy atom. The van der Waals surface area contributed by atoms with Gasteiger partial charge in [-0.15, -0.1) is 0 Å². The molecular formula is C9H6BrClN2. The van der Waals surface area contributed by atoms with Crippen molar-refractivity contribution in [3.05, 3.63) is 33.9 Å². The van der Waals surface area contributed by atoms with E-state index in [1.807, 2.05) is 12.1 Å². The van der Waals surface area contributed by atoms with Gasteiger partial charge in [-0.3, -0.25) is 4.98 Å². The van der Waals surface area contributed by atoms with Gasteiger partial charge in [0.1, 0.15) is 0 Å². The van der Waals surface area contributed by atoms with Gasteiger partial charge in [0, 0.05) is 11.6 Å². The Bertz CT molecular complexity index is 470. The summed E-state index contributed by atoms with van der Waals surface area (Å²) in [6.45, 7) is 0. The highest BCUT2D eigenvalue weighted by Gasteiger charge is 2.05. The van der Waals surface area contributed by atoms with Gasteiger partial charge < -0.3 is 5.73 Å². The average Bonchev–Trinajstić information content (AvgIpc) is 2.12. The lowest BCUT2D eigenvalue weighted by Crippen LogP contribution is -1.91. The van der Waals surface area contributed by atoms with Crippen molar-refractivity contribution >= 4 is 44.1 Å². The van der Waals surface area contributed by atoms with Gasteiger partial charge in [-0.2, -0.15) is 0 Å². The molecule has 0 fully saturated rings. The van der Waals surface area contributed by atoms with E-state index in [0.29, 0.717) is 10.7 Å². The van der Waals surface area contributed by atoms with Crippen molar-refractivity contribution in [3.63, 3.8) is 0 Å². The van der Waals surface area contributed by atoms with Crippen molar-refractivity contribution in [2.24, 2.45) is 0 Å². The van der Waals surface area contributed by atoms with Crippen molar-refractivity contribution in [1.82, 2.24) is 4.98 Å². The number of para-hydroxylation sites is 1. The molecule has 0 spiro atoms. The molecule has 2 aromatic rings. The fraction of sp³-hybridized carbons (Fsp3) is 0. The van der Waals surface area contributed by atoms with Crippen LogP contribution < -0.4 is 5.73 Å². The topological polar surface area (TPSA) is 38.9 Å². The number of benzene rings is 1. The van der Waals surface area contributed by atoms with Crippen LogP contribution in [0.15, 0.2) is 28.9 Å². The van der Waals surface area contributed by atoms with Crippen molar-refractivity contribution in [1.29, 1.82) is 0 Å². The molecule has 0 atom stereocenters. The van der Waals surface area contributed by atoms with Crippen LogP contribution in [0.2, 0.25) is 5.02 Å². The Hall–Kier alpha value is -0.800. The van der Waals surface area contributed by atoms with E-state index in [1.54, 1.807) is 12.3 Å². The molecule has 0 unspecified atom stereocenters. The third kappa shape index (κ3) is 1.38. The molecule has 1 aromatic heterocycles. The number of halogens is 2. The van der Waals surface area contributed by atoms with Crippen LogP contribution >= 0.6 is 27.5 Å². The summed E-state index contributed by atoms with van der Waals surface area (Å²) in [6.07, 6.45) is 1.66. The number of anilines is 1. The molecule has 1 aromatic carbocycles.